The Balaban J connectivity index is 2.13. The third kappa shape index (κ3) is 2.24. The number of nitrogens with zero attached hydrogens (tertiary/aromatic N) is 1. The summed E-state index contributed by atoms with van der Waals surface area (Å²) in [6, 6.07) is 11.4. The van der Waals surface area contributed by atoms with Gasteiger partial charge in [-0.3, -0.25) is 4.79 Å². The number of fused-ring (bicyclic) bond motifs is 1. The highest BCUT2D eigenvalue weighted by Crippen LogP contribution is 2.32. The lowest BCUT2D eigenvalue weighted by Gasteiger charge is -2.23. The number of aromatic amines is 1. The summed E-state index contributed by atoms with van der Waals surface area (Å²) in [5, 5.41) is 1.22. The lowest BCUT2D eigenvalue weighted by atomic mass is 9.78. The number of carbonyl (C=O) groups is 1. The lowest BCUT2D eigenvalue weighted by molar-refractivity contribution is 0.0910. The average molecular weight is 299 g/mol. The SMILES string of the molecule is CC(C)(C(=O)c1c[nH]c2nccc(Cl)c12)c1ccccc1. The normalized spacial score (nSPS) is 11.8. The van der Waals surface area contributed by atoms with Crippen molar-refractivity contribution in [1.29, 1.82) is 0 Å². The van der Waals surface area contributed by atoms with Crippen LogP contribution in [0.5, 0.6) is 0 Å². The highest BCUT2D eigenvalue weighted by atomic mass is 35.5. The Bertz CT molecular complexity index is 806. The molecule has 2 aromatic heterocycles. The highest BCUT2D eigenvalue weighted by Gasteiger charge is 2.32. The van der Waals surface area contributed by atoms with E-state index in [2.05, 4.69) is 9.97 Å². The molecule has 0 aliphatic rings. The molecule has 0 aliphatic carbocycles. The van der Waals surface area contributed by atoms with Crippen molar-refractivity contribution < 1.29 is 4.79 Å². The third-order valence-electron chi connectivity index (χ3n) is 3.83. The summed E-state index contributed by atoms with van der Waals surface area (Å²) in [6.45, 7) is 3.85. The molecule has 4 heteroatoms. The standard InChI is InChI=1S/C17H15ClN2O/c1-17(2,11-6-4-3-5-7-11)15(21)12-10-20-16-14(12)13(18)8-9-19-16/h3-10H,1-2H3,(H,19,20). The van der Waals surface area contributed by atoms with Gasteiger partial charge in [-0.05, 0) is 25.5 Å². The number of carbonyl (C=O) groups excluding carboxylic acids is 1. The van der Waals surface area contributed by atoms with E-state index in [1.807, 2.05) is 44.2 Å². The van der Waals surface area contributed by atoms with Crippen LogP contribution in [0.25, 0.3) is 11.0 Å². The molecule has 0 unspecified atom stereocenters. The second-order valence-electron chi connectivity index (χ2n) is 5.54. The van der Waals surface area contributed by atoms with Gasteiger partial charge in [0.15, 0.2) is 5.78 Å². The van der Waals surface area contributed by atoms with Crippen LogP contribution in [0.3, 0.4) is 0 Å². The Morgan fingerprint density at radius 3 is 2.62 bits per heavy atom. The number of halogens is 1. The Kier molecular flexibility index (Phi) is 3.30. The molecule has 3 nitrogen and oxygen atoms in total. The summed E-state index contributed by atoms with van der Waals surface area (Å²) in [6.07, 6.45) is 3.31. The minimum Gasteiger partial charge on any atom is -0.345 e. The Hall–Kier alpha value is -2.13. The summed E-state index contributed by atoms with van der Waals surface area (Å²) in [5.41, 5.74) is 1.56. The van der Waals surface area contributed by atoms with E-state index in [1.54, 1.807) is 18.5 Å². The molecule has 0 atom stereocenters. The van der Waals surface area contributed by atoms with Gasteiger partial charge in [0.1, 0.15) is 5.65 Å². The van der Waals surface area contributed by atoms with Crippen molar-refractivity contribution in [3.8, 4) is 0 Å². The van der Waals surface area contributed by atoms with Crippen LogP contribution in [-0.4, -0.2) is 15.8 Å². The largest absolute Gasteiger partial charge is 0.345 e. The van der Waals surface area contributed by atoms with E-state index in [-0.39, 0.29) is 5.78 Å². The fourth-order valence-corrected chi connectivity index (χ4v) is 2.77. The topological polar surface area (TPSA) is 45.8 Å². The molecule has 106 valence electrons. The molecule has 0 aliphatic heterocycles. The van der Waals surface area contributed by atoms with Crippen molar-refractivity contribution in [3.05, 3.63) is 64.9 Å². The van der Waals surface area contributed by atoms with Gasteiger partial charge in [-0.25, -0.2) is 4.98 Å². The highest BCUT2D eigenvalue weighted by molar-refractivity contribution is 6.36. The number of benzene rings is 1. The number of rotatable bonds is 3. The van der Waals surface area contributed by atoms with Gasteiger partial charge in [-0.1, -0.05) is 41.9 Å². The maximum atomic E-state index is 13.0. The van der Waals surface area contributed by atoms with Crippen molar-refractivity contribution in [1.82, 2.24) is 9.97 Å². The minimum atomic E-state index is -0.629. The number of ketones is 1. The monoisotopic (exact) mass is 298 g/mol. The molecule has 0 bridgehead atoms. The molecule has 1 aromatic carbocycles. The van der Waals surface area contributed by atoms with Crippen LogP contribution in [0.15, 0.2) is 48.8 Å². The van der Waals surface area contributed by atoms with Crippen molar-refractivity contribution in [2.75, 3.05) is 0 Å². The smallest absolute Gasteiger partial charge is 0.175 e. The van der Waals surface area contributed by atoms with Crippen LogP contribution in [-0.2, 0) is 5.41 Å². The average Bonchev–Trinajstić information content (AvgIpc) is 2.92. The first kappa shape index (κ1) is 13.8. The molecule has 0 saturated carbocycles. The van der Waals surface area contributed by atoms with Gasteiger partial charge in [0.25, 0.3) is 0 Å². The molecule has 0 fully saturated rings. The zero-order valence-corrected chi connectivity index (χ0v) is 12.6. The number of H-pyrrole nitrogens is 1. The van der Waals surface area contributed by atoms with Gasteiger partial charge in [0, 0.05) is 23.3 Å². The predicted molar refractivity (Wildman–Crippen MR) is 84.9 cm³/mol. The van der Waals surface area contributed by atoms with Crippen LogP contribution in [0, 0.1) is 0 Å². The van der Waals surface area contributed by atoms with E-state index in [9.17, 15) is 4.79 Å². The second-order valence-corrected chi connectivity index (χ2v) is 5.95. The summed E-state index contributed by atoms with van der Waals surface area (Å²) in [4.78, 5) is 20.2. The lowest BCUT2D eigenvalue weighted by Crippen LogP contribution is -2.28. The van der Waals surface area contributed by atoms with Crippen LogP contribution in [0.4, 0.5) is 0 Å². The van der Waals surface area contributed by atoms with E-state index in [0.29, 0.717) is 21.6 Å². The van der Waals surface area contributed by atoms with Crippen LogP contribution < -0.4 is 0 Å². The summed E-state index contributed by atoms with van der Waals surface area (Å²) < 4.78 is 0. The van der Waals surface area contributed by atoms with Gasteiger partial charge in [0.05, 0.1) is 10.4 Å². The minimum absolute atomic E-state index is 0.0230. The van der Waals surface area contributed by atoms with Crippen molar-refractivity contribution in [2.24, 2.45) is 0 Å². The first-order valence-corrected chi connectivity index (χ1v) is 7.11. The number of Topliss-reactive ketones (excluding diaryl/α,β-unsaturated/α-hetero) is 1. The molecule has 21 heavy (non-hydrogen) atoms. The van der Waals surface area contributed by atoms with Gasteiger partial charge in [-0.15, -0.1) is 0 Å². The van der Waals surface area contributed by atoms with Crippen LogP contribution >= 0.6 is 11.6 Å². The van der Waals surface area contributed by atoms with Crippen molar-refractivity contribution in [3.63, 3.8) is 0 Å². The zero-order chi connectivity index (χ0) is 15.0. The Labute approximate surface area is 128 Å². The molecule has 0 spiro atoms. The first-order chi connectivity index (χ1) is 10.0. The number of hydrogen-bond donors (Lipinski definition) is 1. The van der Waals surface area contributed by atoms with Gasteiger partial charge >= 0.3 is 0 Å². The Morgan fingerprint density at radius 2 is 1.90 bits per heavy atom. The molecule has 1 N–H and O–H groups in total. The van der Waals surface area contributed by atoms with Gasteiger partial charge in [0.2, 0.25) is 0 Å². The Morgan fingerprint density at radius 1 is 1.19 bits per heavy atom. The first-order valence-electron chi connectivity index (χ1n) is 6.73. The predicted octanol–water partition coefficient (Wildman–Crippen LogP) is 4.38. The maximum Gasteiger partial charge on any atom is 0.175 e. The van der Waals surface area contributed by atoms with Crippen LogP contribution in [0.2, 0.25) is 5.02 Å². The molecule has 2 heterocycles. The van der Waals surface area contributed by atoms with Gasteiger partial charge < -0.3 is 4.98 Å². The molecule has 0 saturated heterocycles. The molecular formula is C17H15ClN2O. The van der Waals surface area contributed by atoms with E-state index < -0.39 is 5.41 Å². The fourth-order valence-electron chi connectivity index (χ4n) is 2.52. The number of hydrogen-bond acceptors (Lipinski definition) is 2. The molecule has 3 rings (SSSR count). The second kappa shape index (κ2) is 5.01. The summed E-state index contributed by atoms with van der Waals surface area (Å²) in [5.74, 6) is 0.0230. The molecule has 3 aromatic rings. The maximum absolute atomic E-state index is 13.0. The number of aromatic nitrogens is 2. The van der Waals surface area contributed by atoms with E-state index in [4.69, 9.17) is 11.6 Å². The quantitative estimate of drug-likeness (QED) is 0.729. The number of nitrogens with one attached hydrogen (secondary N) is 1. The molecule has 0 amide bonds. The summed E-state index contributed by atoms with van der Waals surface area (Å²) in [7, 11) is 0. The zero-order valence-electron chi connectivity index (χ0n) is 11.9. The molecular weight excluding hydrogens is 284 g/mol. The molecule has 0 radical (unpaired) electrons. The van der Waals surface area contributed by atoms with E-state index in [0.717, 1.165) is 5.56 Å². The summed E-state index contributed by atoms with van der Waals surface area (Å²) >= 11 is 6.23. The van der Waals surface area contributed by atoms with E-state index in [1.165, 1.54) is 0 Å². The van der Waals surface area contributed by atoms with E-state index >= 15 is 0 Å². The van der Waals surface area contributed by atoms with Crippen molar-refractivity contribution >= 4 is 28.4 Å². The van der Waals surface area contributed by atoms with Crippen molar-refractivity contribution in [2.45, 2.75) is 19.3 Å². The number of pyridine rings is 1. The fraction of sp³-hybridized carbons (Fsp3) is 0.176. The van der Waals surface area contributed by atoms with Gasteiger partial charge in [-0.2, -0.15) is 0 Å². The third-order valence-corrected chi connectivity index (χ3v) is 4.15. The van der Waals surface area contributed by atoms with Crippen LogP contribution in [0.1, 0.15) is 29.8 Å².